The molecule has 1 amide bonds. The zero-order valence-electron chi connectivity index (χ0n) is 17.0. The lowest BCUT2D eigenvalue weighted by Crippen LogP contribution is -2.25. The van der Waals surface area contributed by atoms with Crippen molar-refractivity contribution in [1.29, 1.82) is 0 Å². The van der Waals surface area contributed by atoms with E-state index in [0.717, 1.165) is 16.9 Å². The fraction of sp³-hybridized carbons (Fsp3) is 0.130. The van der Waals surface area contributed by atoms with Crippen LogP contribution in [-0.2, 0) is 16.4 Å². The predicted octanol–water partition coefficient (Wildman–Crippen LogP) is 4.38. The third kappa shape index (κ3) is 5.27. The lowest BCUT2D eigenvalue weighted by Gasteiger charge is -2.10. The number of carbonyl (C=O) groups is 1. The van der Waals surface area contributed by atoms with Crippen LogP contribution in [0.5, 0.6) is 0 Å². The summed E-state index contributed by atoms with van der Waals surface area (Å²) in [6.45, 7) is 0.440. The highest BCUT2D eigenvalue weighted by Gasteiger charge is 2.16. The highest BCUT2D eigenvalue weighted by Crippen LogP contribution is 2.19. The second-order valence-corrected chi connectivity index (χ2v) is 9.32. The van der Waals surface area contributed by atoms with Crippen molar-refractivity contribution in [1.82, 2.24) is 15.3 Å². The molecule has 0 aliphatic rings. The number of fused-ring (bicyclic) bond motifs is 1. The van der Waals surface area contributed by atoms with Crippen molar-refractivity contribution in [3.05, 3.63) is 89.2 Å². The molecule has 0 radical (unpaired) electrons. The maximum Gasteiger partial charge on any atom is 0.261 e. The fourth-order valence-electron chi connectivity index (χ4n) is 3.22. The van der Waals surface area contributed by atoms with Crippen LogP contribution in [0.15, 0.2) is 77.7 Å². The molecule has 4 aromatic rings. The number of halogens is 1. The van der Waals surface area contributed by atoms with E-state index in [9.17, 15) is 13.2 Å². The number of rotatable bonds is 8. The Labute approximate surface area is 190 Å². The molecule has 0 unspecified atom stereocenters. The van der Waals surface area contributed by atoms with E-state index in [1.807, 2.05) is 24.3 Å². The molecule has 3 N–H and O–H groups in total. The number of imidazole rings is 1. The number of anilines is 1. The SMILES string of the molecule is O=C(NCCCc1nc2ccccc2[nH]1)c1cccc(S(=O)(=O)Nc2ccc(Cl)cc2)c1. The van der Waals surface area contributed by atoms with Gasteiger partial charge in [0.05, 0.1) is 15.9 Å². The van der Waals surface area contributed by atoms with Gasteiger partial charge in [-0.15, -0.1) is 0 Å². The largest absolute Gasteiger partial charge is 0.352 e. The Hall–Kier alpha value is -3.36. The summed E-state index contributed by atoms with van der Waals surface area (Å²) in [5.41, 5.74) is 2.55. The van der Waals surface area contributed by atoms with Crippen molar-refractivity contribution >= 4 is 44.3 Å². The van der Waals surface area contributed by atoms with Crippen LogP contribution >= 0.6 is 11.6 Å². The minimum Gasteiger partial charge on any atom is -0.352 e. The van der Waals surface area contributed by atoms with Crippen molar-refractivity contribution < 1.29 is 13.2 Å². The number of sulfonamides is 1. The molecular weight excluding hydrogens is 448 g/mol. The highest BCUT2D eigenvalue weighted by atomic mass is 35.5. The first-order valence-corrected chi connectivity index (χ1v) is 11.9. The lowest BCUT2D eigenvalue weighted by molar-refractivity contribution is 0.0953. The Morgan fingerprint density at radius 3 is 2.56 bits per heavy atom. The number of nitrogens with one attached hydrogen (secondary N) is 3. The minimum atomic E-state index is -3.84. The second kappa shape index (κ2) is 9.42. The molecule has 0 aliphatic heterocycles. The molecule has 0 fully saturated rings. The van der Waals surface area contributed by atoms with Gasteiger partial charge in [0.15, 0.2) is 0 Å². The van der Waals surface area contributed by atoms with E-state index in [1.165, 1.54) is 12.1 Å². The van der Waals surface area contributed by atoms with Crippen LogP contribution in [0.4, 0.5) is 5.69 Å². The van der Waals surface area contributed by atoms with Gasteiger partial charge in [-0.1, -0.05) is 29.8 Å². The number of amides is 1. The summed E-state index contributed by atoms with van der Waals surface area (Å²) in [4.78, 5) is 20.3. The van der Waals surface area contributed by atoms with E-state index >= 15 is 0 Å². The third-order valence-corrected chi connectivity index (χ3v) is 6.45. The van der Waals surface area contributed by atoms with Crippen LogP contribution in [0.2, 0.25) is 5.02 Å². The highest BCUT2D eigenvalue weighted by molar-refractivity contribution is 7.92. The van der Waals surface area contributed by atoms with E-state index in [-0.39, 0.29) is 16.4 Å². The Kier molecular flexibility index (Phi) is 6.43. The van der Waals surface area contributed by atoms with Gasteiger partial charge in [-0.25, -0.2) is 13.4 Å². The number of hydrogen-bond donors (Lipinski definition) is 3. The van der Waals surface area contributed by atoms with Crippen molar-refractivity contribution in [3.63, 3.8) is 0 Å². The number of aromatic amines is 1. The zero-order chi connectivity index (χ0) is 22.6. The quantitative estimate of drug-likeness (QED) is 0.334. The van der Waals surface area contributed by atoms with Gasteiger partial charge in [-0.05, 0) is 61.0 Å². The first kappa shape index (κ1) is 21.9. The molecule has 0 atom stereocenters. The number of para-hydroxylation sites is 2. The van der Waals surface area contributed by atoms with Gasteiger partial charge >= 0.3 is 0 Å². The van der Waals surface area contributed by atoms with Gasteiger partial charge in [-0.2, -0.15) is 0 Å². The van der Waals surface area contributed by atoms with Crippen LogP contribution < -0.4 is 10.0 Å². The van der Waals surface area contributed by atoms with Crippen LogP contribution in [0.3, 0.4) is 0 Å². The lowest BCUT2D eigenvalue weighted by atomic mass is 10.2. The first-order chi connectivity index (χ1) is 15.4. The first-order valence-electron chi connectivity index (χ1n) is 10.0. The van der Waals surface area contributed by atoms with Crippen LogP contribution in [0, 0.1) is 0 Å². The van der Waals surface area contributed by atoms with E-state index in [2.05, 4.69) is 20.0 Å². The molecule has 3 aromatic carbocycles. The van der Waals surface area contributed by atoms with Gasteiger partial charge < -0.3 is 10.3 Å². The molecule has 4 rings (SSSR count). The number of H-pyrrole nitrogens is 1. The molecule has 0 saturated carbocycles. The number of hydrogen-bond acceptors (Lipinski definition) is 4. The number of aromatic nitrogens is 2. The number of benzene rings is 3. The van der Waals surface area contributed by atoms with Gasteiger partial charge in [0, 0.05) is 29.2 Å². The van der Waals surface area contributed by atoms with E-state index in [0.29, 0.717) is 30.1 Å². The van der Waals surface area contributed by atoms with E-state index in [1.54, 1.807) is 36.4 Å². The smallest absolute Gasteiger partial charge is 0.261 e. The average Bonchev–Trinajstić information content (AvgIpc) is 3.21. The summed E-state index contributed by atoms with van der Waals surface area (Å²) in [5, 5.41) is 3.33. The van der Waals surface area contributed by atoms with E-state index in [4.69, 9.17) is 11.6 Å². The van der Waals surface area contributed by atoms with Crippen molar-refractivity contribution in [3.8, 4) is 0 Å². The fourth-order valence-corrected chi connectivity index (χ4v) is 4.45. The Balaban J connectivity index is 1.34. The zero-order valence-corrected chi connectivity index (χ0v) is 18.6. The van der Waals surface area contributed by atoms with Gasteiger partial charge in [0.2, 0.25) is 0 Å². The summed E-state index contributed by atoms with van der Waals surface area (Å²) < 4.78 is 27.8. The summed E-state index contributed by atoms with van der Waals surface area (Å²) in [6, 6.07) is 20.0. The molecular formula is C23H21ClN4O3S. The third-order valence-electron chi connectivity index (χ3n) is 4.82. The van der Waals surface area contributed by atoms with Crippen molar-refractivity contribution in [2.75, 3.05) is 11.3 Å². The summed E-state index contributed by atoms with van der Waals surface area (Å²) in [5.74, 6) is 0.528. The molecule has 0 aliphatic carbocycles. The summed E-state index contributed by atoms with van der Waals surface area (Å²) >= 11 is 5.83. The van der Waals surface area contributed by atoms with Crippen LogP contribution in [0.25, 0.3) is 11.0 Å². The average molecular weight is 469 g/mol. The van der Waals surface area contributed by atoms with Gasteiger partial charge in [0.1, 0.15) is 5.82 Å². The number of nitrogens with zero attached hydrogens (tertiary/aromatic N) is 1. The van der Waals surface area contributed by atoms with Crippen molar-refractivity contribution in [2.24, 2.45) is 0 Å². The molecule has 7 nitrogen and oxygen atoms in total. The summed E-state index contributed by atoms with van der Waals surface area (Å²) in [7, 11) is -3.84. The molecule has 1 heterocycles. The maximum atomic E-state index is 12.7. The van der Waals surface area contributed by atoms with E-state index < -0.39 is 10.0 Å². The Morgan fingerprint density at radius 2 is 1.78 bits per heavy atom. The predicted molar refractivity (Wildman–Crippen MR) is 125 cm³/mol. The number of aryl methyl sites for hydroxylation is 1. The Morgan fingerprint density at radius 1 is 1.00 bits per heavy atom. The monoisotopic (exact) mass is 468 g/mol. The second-order valence-electron chi connectivity index (χ2n) is 7.20. The normalized spacial score (nSPS) is 11.4. The summed E-state index contributed by atoms with van der Waals surface area (Å²) in [6.07, 6.45) is 1.38. The van der Waals surface area contributed by atoms with Crippen molar-refractivity contribution in [2.45, 2.75) is 17.7 Å². The molecule has 9 heteroatoms. The molecule has 164 valence electrons. The minimum absolute atomic E-state index is 0.00220. The van der Waals surface area contributed by atoms with Crippen LogP contribution in [0.1, 0.15) is 22.6 Å². The topological polar surface area (TPSA) is 104 Å². The Bertz CT molecular complexity index is 1320. The molecule has 0 bridgehead atoms. The molecule has 32 heavy (non-hydrogen) atoms. The standard InChI is InChI=1S/C23H21ClN4O3S/c24-17-10-12-18(13-11-17)28-32(30,31)19-6-3-5-16(15-19)23(29)25-14-4-9-22-26-20-7-1-2-8-21(20)27-22/h1-3,5-8,10-13,15,28H,4,9,14H2,(H,25,29)(H,26,27). The number of carbonyl (C=O) groups excluding carboxylic acids is 1. The van der Waals surface area contributed by atoms with Gasteiger partial charge in [0.25, 0.3) is 15.9 Å². The van der Waals surface area contributed by atoms with Gasteiger partial charge in [-0.3, -0.25) is 9.52 Å². The van der Waals surface area contributed by atoms with Crippen LogP contribution in [-0.4, -0.2) is 30.8 Å². The maximum absolute atomic E-state index is 12.7. The molecule has 1 aromatic heterocycles. The molecule has 0 saturated heterocycles. The molecule has 0 spiro atoms.